The summed E-state index contributed by atoms with van der Waals surface area (Å²) < 4.78 is 17.5. The first-order valence-electron chi connectivity index (χ1n) is 9.83. The van der Waals surface area contributed by atoms with E-state index in [1.165, 1.54) is 11.3 Å². The molecule has 3 aromatic rings. The molecular formula is C21H25ClN4O3S. The third-order valence-electron chi connectivity index (χ3n) is 4.91. The predicted octanol–water partition coefficient (Wildman–Crippen LogP) is 4.48. The highest BCUT2D eigenvalue weighted by atomic mass is 35.5. The van der Waals surface area contributed by atoms with Gasteiger partial charge < -0.3 is 24.0 Å². The van der Waals surface area contributed by atoms with Gasteiger partial charge in [0.25, 0.3) is 5.88 Å². The van der Waals surface area contributed by atoms with Crippen molar-refractivity contribution in [1.82, 2.24) is 9.97 Å². The maximum absolute atomic E-state index is 6.17. The Hall–Kier alpha value is -2.45. The highest BCUT2D eigenvalue weighted by molar-refractivity contribution is 7.22. The van der Waals surface area contributed by atoms with Crippen molar-refractivity contribution in [1.29, 1.82) is 0 Å². The molecule has 1 saturated heterocycles. The van der Waals surface area contributed by atoms with E-state index in [0.717, 1.165) is 59.5 Å². The maximum atomic E-state index is 6.17. The van der Waals surface area contributed by atoms with E-state index in [0.29, 0.717) is 10.2 Å². The van der Waals surface area contributed by atoms with Crippen molar-refractivity contribution >= 4 is 44.8 Å². The summed E-state index contributed by atoms with van der Waals surface area (Å²) in [7, 11) is 3.33. The summed E-state index contributed by atoms with van der Waals surface area (Å²) in [4.78, 5) is 14.9. The monoisotopic (exact) mass is 448 g/mol. The van der Waals surface area contributed by atoms with Gasteiger partial charge in [-0.25, -0.2) is 9.97 Å². The molecule has 0 spiro atoms. The molecule has 9 heteroatoms. The summed E-state index contributed by atoms with van der Waals surface area (Å²) in [5.41, 5.74) is 1.85. The number of rotatable bonds is 6. The highest BCUT2D eigenvalue weighted by Gasteiger charge is 2.24. The van der Waals surface area contributed by atoms with Crippen LogP contribution in [0.25, 0.3) is 10.3 Å². The van der Waals surface area contributed by atoms with Crippen LogP contribution in [-0.2, 0) is 0 Å². The quantitative estimate of drug-likeness (QED) is 0.551. The Kier molecular flexibility index (Phi) is 6.06. The van der Waals surface area contributed by atoms with Crippen LogP contribution < -0.4 is 24.0 Å². The molecule has 30 heavy (non-hydrogen) atoms. The molecule has 1 fully saturated rings. The van der Waals surface area contributed by atoms with Crippen LogP contribution in [-0.4, -0.2) is 56.5 Å². The number of halogens is 1. The molecule has 0 amide bonds. The Labute approximate surface area is 185 Å². The van der Waals surface area contributed by atoms with Crippen LogP contribution in [0.1, 0.15) is 13.8 Å². The lowest BCUT2D eigenvalue weighted by atomic mass is 10.2. The molecule has 4 rings (SSSR count). The smallest absolute Gasteiger partial charge is 0.258 e. The van der Waals surface area contributed by atoms with Crippen molar-refractivity contribution in [3.8, 4) is 17.4 Å². The second-order valence-electron chi connectivity index (χ2n) is 7.30. The molecule has 0 aliphatic carbocycles. The van der Waals surface area contributed by atoms with Gasteiger partial charge in [-0.15, -0.1) is 11.3 Å². The minimum absolute atomic E-state index is 0.00939. The molecule has 1 aliphatic rings. The molecule has 0 atom stereocenters. The molecular weight excluding hydrogens is 424 g/mol. The van der Waals surface area contributed by atoms with Gasteiger partial charge in [0.05, 0.1) is 24.7 Å². The van der Waals surface area contributed by atoms with Crippen LogP contribution >= 0.6 is 22.9 Å². The number of benzene rings is 1. The summed E-state index contributed by atoms with van der Waals surface area (Å²) in [5, 5.41) is 0. The normalized spacial score (nSPS) is 14.5. The number of nitrogens with zero attached hydrogens (tertiary/aromatic N) is 4. The van der Waals surface area contributed by atoms with E-state index >= 15 is 0 Å². The van der Waals surface area contributed by atoms with Crippen molar-refractivity contribution in [2.75, 3.05) is 50.2 Å². The van der Waals surface area contributed by atoms with Gasteiger partial charge >= 0.3 is 0 Å². The lowest BCUT2D eigenvalue weighted by Crippen LogP contribution is -2.47. The van der Waals surface area contributed by atoms with Gasteiger partial charge in [0.15, 0.2) is 5.82 Å². The van der Waals surface area contributed by atoms with Crippen molar-refractivity contribution in [2.45, 2.75) is 20.0 Å². The van der Waals surface area contributed by atoms with E-state index in [4.69, 9.17) is 30.8 Å². The summed E-state index contributed by atoms with van der Waals surface area (Å²) in [5.74, 6) is 2.90. The number of piperazine rings is 1. The number of aromatic nitrogens is 2. The van der Waals surface area contributed by atoms with Crippen molar-refractivity contribution in [3.05, 3.63) is 28.6 Å². The number of thiophene rings is 1. The second-order valence-corrected chi connectivity index (χ2v) is 8.97. The minimum atomic E-state index is 0.00939. The highest BCUT2D eigenvalue weighted by Crippen LogP contribution is 2.35. The van der Waals surface area contributed by atoms with Gasteiger partial charge in [-0.05, 0) is 19.9 Å². The molecule has 160 valence electrons. The summed E-state index contributed by atoms with van der Waals surface area (Å²) in [6, 6.07) is 7.78. The summed E-state index contributed by atoms with van der Waals surface area (Å²) >= 11 is 7.61. The van der Waals surface area contributed by atoms with Gasteiger partial charge in [0.2, 0.25) is 0 Å². The lowest BCUT2D eigenvalue weighted by Gasteiger charge is -2.37. The van der Waals surface area contributed by atoms with Gasteiger partial charge in [-0.2, -0.15) is 0 Å². The Morgan fingerprint density at radius 2 is 1.57 bits per heavy atom. The van der Waals surface area contributed by atoms with E-state index < -0.39 is 0 Å². The standard InChI is InChI=1S/C21H25ClN4O3S/c1-13(2)29-20-19(24-21-17(23-20)12-18(22)30-21)26-7-5-25(6-8-26)14-9-15(27-3)11-16(10-14)28-4/h9-13H,5-8H2,1-4H3. The molecule has 0 saturated carbocycles. The molecule has 3 heterocycles. The van der Waals surface area contributed by atoms with Gasteiger partial charge in [0.1, 0.15) is 21.8 Å². The van der Waals surface area contributed by atoms with Crippen LogP contribution in [0.15, 0.2) is 24.3 Å². The zero-order chi connectivity index (χ0) is 21.3. The van der Waals surface area contributed by atoms with Crippen molar-refractivity contribution in [2.24, 2.45) is 0 Å². The van der Waals surface area contributed by atoms with E-state index in [1.54, 1.807) is 14.2 Å². The first-order valence-corrected chi connectivity index (χ1v) is 11.0. The first kappa shape index (κ1) is 20.8. The van der Waals surface area contributed by atoms with Crippen molar-refractivity contribution < 1.29 is 14.2 Å². The zero-order valence-electron chi connectivity index (χ0n) is 17.5. The first-order chi connectivity index (χ1) is 14.5. The number of methoxy groups -OCH3 is 2. The third-order valence-corrected chi connectivity index (χ3v) is 6.06. The molecule has 7 nitrogen and oxygen atoms in total. The summed E-state index contributed by atoms with van der Waals surface area (Å²) in [6.45, 7) is 7.25. The largest absolute Gasteiger partial charge is 0.497 e. The van der Waals surface area contributed by atoms with Crippen LogP contribution in [0.2, 0.25) is 4.34 Å². The molecule has 1 aromatic carbocycles. The number of fused-ring (bicyclic) bond motifs is 1. The van der Waals surface area contributed by atoms with Gasteiger partial charge in [-0.1, -0.05) is 11.6 Å². The molecule has 1 aliphatic heterocycles. The average molecular weight is 449 g/mol. The fourth-order valence-electron chi connectivity index (χ4n) is 3.47. The number of hydrogen-bond donors (Lipinski definition) is 0. The minimum Gasteiger partial charge on any atom is -0.497 e. The molecule has 0 unspecified atom stereocenters. The molecule has 0 radical (unpaired) electrons. The number of hydrogen-bond acceptors (Lipinski definition) is 8. The Morgan fingerprint density at radius 3 is 2.17 bits per heavy atom. The fraction of sp³-hybridized carbons (Fsp3) is 0.429. The van der Waals surface area contributed by atoms with E-state index in [1.807, 2.05) is 38.1 Å². The van der Waals surface area contributed by atoms with E-state index in [-0.39, 0.29) is 6.10 Å². The van der Waals surface area contributed by atoms with Crippen molar-refractivity contribution in [3.63, 3.8) is 0 Å². The Balaban J connectivity index is 1.57. The van der Waals surface area contributed by atoms with Crippen LogP contribution in [0.4, 0.5) is 11.5 Å². The van der Waals surface area contributed by atoms with Crippen LogP contribution in [0.5, 0.6) is 17.4 Å². The summed E-state index contributed by atoms with van der Waals surface area (Å²) in [6.07, 6.45) is 0.00939. The number of ether oxygens (including phenoxy) is 3. The third kappa shape index (κ3) is 4.34. The Bertz CT molecular complexity index is 1010. The zero-order valence-corrected chi connectivity index (χ0v) is 19.1. The molecule has 0 N–H and O–H groups in total. The topological polar surface area (TPSA) is 60.0 Å². The number of anilines is 2. The average Bonchev–Trinajstić information content (AvgIpc) is 3.11. The molecule has 2 aromatic heterocycles. The van der Waals surface area contributed by atoms with Gasteiger partial charge in [0, 0.05) is 50.1 Å². The van der Waals surface area contributed by atoms with Gasteiger partial charge in [-0.3, -0.25) is 0 Å². The van der Waals surface area contributed by atoms with Crippen LogP contribution in [0.3, 0.4) is 0 Å². The molecule has 0 bridgehead atoms. The SMILES string of the molecule is COc1cc(OC)cc(N2CCN(c3nc4sc(Cl)cc4nc3OC(C)C)CC2)c1. The maximum Gasteiger partial charge on any atom is 0.258 e. The second kappa shape index (κ2) is 8.73. The Morgan fingerprint density at radius 1 is 0.933 bits per heavy atom. The van der Waals surface area contributed by atoms with E-state index in [9.17, 15) is 0 Å². The lowest BCUT2D eigenvalue weighted by molar-refractivity contribution is 0.233. The van der Waals surface area contributed by atoms with E-state index in [2.05, 4.69) is 14.8 Å². The fourth-order valence-corrected chi connectivity index (χ4v) is 4.49. The van der Waals surface area contributed by atoms with Crippen LogP contribution in [0, 0.1) is 0 Å². The predicted molar refractivity (Wildman–Crippen MR) is 122 cm³/mol.